The average Bonchev–Trinajstić information content (AvgIpc) is 2.40. The molecule has 0 aromatic carbocycles. The lowest BCUT2D eigenvalue weighted by molar-refractivity contribution is 0.208. The number of likely N-dealkylation sites (N-methyl/N-ethyl adjacent to an activating group) is 1. The van der Waals surface area contributed by atoms with Crippen molar-refractivity contribution in [3.05, 3.63) is 60.2 Å². The van der Waals surface area contributed by atoms with Crippen LogP contribution in [-0.4, -0.2) is 28.0 Å². The minimum atomic E-state index is 0.0258. The van der Waals surface area contributed by atoms with E-state index >= 15 is 0 Å². The van der Waals surface area contributed by atoms with E-state index in [9.17, 15) is 0 Å². The van der Waals surface area contributed by atoms with E-state index in [1.165, 1.54) is 0 Å². The number of hydrogen-bond donors (Lipinski definition) is 1. The van der Waals surface area contributed by atoms with Gasteiger partial charge in [-0.2, -0.15) is 0 Å². The van der Waals surface area contributed by atoms with Crippen LogP contribution in [0, 0.1) is 0 Å². The third kappa shape index (κ3) is 3.59. The second kappa shape index (κ2) is 6.41. The van der Waals surface area contributed by atoms with Crippen LogP contribution in [0.15, 0.2) is 48.9 Å². The Hall–Kier alpha value is -1.78. The standard InChI is InChI=1S/C15H20N4/c1-12(16)15(13-6-5-8-17-10-13)19(2)11-14-7-3-4-9-18-14/h3-10,12,15H,11,16H2,1-2H3. The lowest BCUT2D eigenvalue weighted by Crippen LogP contribution is -2.37. The van der Waals surface area contributed by atoms with Crippen molar-refractivity contribution in [3.63, 3.8) is 0 Å². The summed E-state index contributed by atoms with van der Waals surface area (Å²) in [4.78, 5) is 10.7. The molecule has 19 heavy (non-hydrogen) atoms. The molecular weight excluding hydrogens is 236 g/mol. The second-order valence-electron chi connectivity index (χ2n) is 4.83. The first-order valence-electron chi connectivity index (χ1n) is 6.44. The van der Waals surface area contributed by atoms with Crippen LogP contribution in [0.2, 0.25) is 0 Å². The van der Waals surface area contributed by atoms with Crippen molar-refractivity contribution < 1.29 is 0 Å². The van der Waals surface area contributed by atoms with Crippen molar-refractivity contribution in [2.24, 2.45) is 5.73 Å². The third-order valence-electron chi connectivity index (χ3n) is 3.14. The predicted octanol–water partition coefficient (Wildman–Crippen LogP) is 2.00. The third-order valence-corrected chi connectivity index (χ3v) is 3.14. The van der Waals surface area contributed by atoms with E-state index in [1.54, 1.807) is 6.20 Å². The summed E-state index contributed by atoms with van der Waals surface area (Å²) in [5.41, 5.74) is 8.31. The van der Waals surface area contributed by atoms with Crippen LogP contribution in [0.1, 0.15) is 24.2 Å². The average molecular weight is 256 g/mol. The van der Waals surface area contributed by atoms with E-state index in [1.807, 2.05) is 43.6 Å². The molecule has 2 N–H and O–H groups in total. The number of aromatic nitrogens is 2. The zero-order valence-corrected chi connectivity index (χ0v) is 11.4. The van der Waals surface area contributed by atoms with E-state index in [0.29, 0.717) is 0 Å². The Morgan fingerprint density at radius 2 is 2.05 bits per heavy atom. The maximum absolute atomic E-state index is 6.13. The topological polar surface area (TPSA) is 55.0 Å². The summed E-state index contributed by atoms with van der Waals surface area (Å²) in [7, 11) is 2.07. The molecule has 0 aliphatic rings. The molecule has 0 bridgehead atoms. The van der Waals surface area contributed by atoms with E-state index in [0.717, 1.165) is 17.8 Å². The van der Waals surface area contributed by atoms with Crippen molar-refractivity contribution in [1.82, 2.24) is 14.9 Å². The molecule has 0 fully saturated rings. The molecule has 2 aromatic heterocycles. The Morgan fingerprint density at radius 1 is 1.21 bits per heavy atom. The second-order valence-corrected chi connectivity index (χ2v) is 4.83. The van der Waals surface area contributed by atoms with E-state index in [-0.39, 0.29) is 12.1 Å². The van der Waals surface area contributed by atoms with Crippen LogP contribution in [0.4, 0.5) is 0 Å². The van der Waals surface area contributed by atoms with Gasteiger partial charge in [0.15, 0.2) is 0 Å². The summed E-state index contributed by atoms with van der Waals surface area (Å²) in [5.74, 6) is 0. The number of pyridine rings is 2. The molecule has 0 spiro atoms. The van der Waals surface area contributed by atoms with Gasteiger partial charge in [0, 0.05) is 31.2 Å². The molecule has 2 heterocycles. The molecule has 4 heteroatoms. The highest BCUT2D eigenvalue weighted by molar-refractivity contribution is 5.16. The summed E-state index contributed by atoms with van der Waals surface area (Å²) < 4.78 is 0. The van der Waals surface area contributed by atoms with Crippen molar-refractivity contribution >= 4 is 0 Å². The van der Waals surface area contributed by atoms with Crippen molar-refractivity contribution in [1.29, 1.82) is 0 Å². The molecule has 0 aliphatic carbocycles. The smallest absolute Gasteiger partial charge is 0.0544 e. The van der Waals surface area contributed by atoms with Crippen molar-refractivity contribution in [2.45, 2.75) is 25.6 Å². The fraction of sp³-hybridized carbons (Fsp3) is 0.333. The van der Waals surface area contributed by atoms with Gasteiger partial charge in [-0.25, -0.2) is 0 Å². The van der Waals surface area contributed by atoms with Crippen molar-refractivity contribution in [3.8, 4) is 0 Å². The maximum atomic E-state index is 6.13. The summed E-state index contributed by atoms with van der Waals surface area (Å²) in [6.07, 6.45) is 5.47. The minimum absolute atomic E-state index is 0.0258. The number of nitrogens with zero attached hydrogens (tertiary/aromatic N) is 3. The van der Waals surface area contributed by atoms with Gasteiger partial charge in [0.25, 0.3) is 0 Å². The molecule has 0 radical (unpaired) electrons. The molecule has 2 unspecified atom stereocenters. The fourth-order valence-electron chi connectivity index (χ4n) is 2.36. The first-order valence-corrected chi connectivity index (χ1v) is 6.44. The molecule has 0 aliphatic heterocycles. The summed E-state index contributed by atoms with van der Waals surface area (Å²) >= 11 is 0. The Morgan fingerprint density at radius 3 is 2.63 bits per heavy atom. The highest BCUT2D eigenvalue weighted by Gasteiger charge is 2.21. The predicted molar refractivity (Wildman–Crippen MR) is 76.3 cm³/mol. The van der Waals surface area contributed by atoms with Crippen LogP contribution in [0.3, 0.4) is 0 Å². The SMILES string of the molecule is CC(N)C(c1cccnc1)N(C)Cc1ccccn1. The van der Waals surface area contributed by atoms with Gasteiger partial charge >= 0.3 is 0 Å². The van der Waals surface area contributed by atoms with Crippen LogP contribution in [0.25, 0.3) is 0 Å². The quantitative estimate of drug-likeness (QED) is 0.889. The number of rotatable bonds is 5. The molecule has 100 valence electrons. The Labute approximate surface area is 114 Å². The maximum Gasteiger partial charge on any atom is 0.0544 e. The molecule has 2 rings (SSSR count). The Kier molecular flexibility index (Phi) is 4.60. The van der Waals surface area contributed by atoms with Crippen LogP contribution in [-0.2, 0) is 6.54 Å². The number of hydrogen-bond acceptors (Lipinski definition) is 4. The highest BCUT2D eigenvalue weighted by Crippen LogP contribution is 2.22. The van der Waals surface area contributed by atoms with E-state index < -0.39 is 0 Å². The normalized spacial score (nSPS) is 14.3. The Balaban J connectivity index is 2.16. The van der Waals surface area contributed by atoms with E-state index in [2.05, 4.69) is 28.0 Å². The highest BCUT2D eigenvalue weighted by atomic mass is 15.2. The molecule has 0 amide bonds. The summed E-state index contributed by atoms with van der Waals surface area (Å²) in [6.45, 7) is 2.79. The van der Waals surface area contributed by atoms with Gasteiger partial charge in [-0.05, 0) is 37.7 Å². The molecule has 0 saturated carbocycles. The van der Waals surface area contributed by atoms with Crippen LogP contribution in [0.5, 0.6) is 0 Å². The van der Waals surface area contributed by atoms with Gasteiger partial charge in [-0.15, -0.1) is 0 Å². The first-order chi connectivity index (χ1) is 9.18. The monoisotopic (exact) mass is 256 g/mol. The molecular formula is C15H20N4. The van der Waals surface area contributed by atoms with Crippen molar-refractivity contribution in [2.75, 3.05) is 7.05 Å². The zero-order chi connectivity index (χ0) is 13.7. The van der Waals surface area contributed by atoms with Crippen LogP contribution >= 0.6 is 0 Å². The lowest BCUT2D eigenvalue weighted by Gasteiger charge is -2.31. The first kappa shape index (κ1) is 13.6. The summed E-state index contributed by atoms with van der Waals surface area (Å²) in [6, 6.07) is 10.1. The zero-order valence-electron chi connectivity index (χ0n) is 11.4. The largest absolute Gasteiger partial charge is 0.326 e. The van der Waals surface area contributed by atoms with Gasteiger partial charge in [0.2, 0.25) is 0 Å². The molecule has 2 atom stereocenters. The van der Waals surface area contributed by atoms with Gasteiger partial charge in [0.05, 0.1) is 11.7 Å². The Bertz CT molecular complexity index is 484. The fourth-order valence-corrected chi connectivity index (χ4v) is 2.36. The lowest BCUT2D eigenvalue weighted by atomic mass is 10.0. The summed E-state index contributed by atoms with van der Waals surface area (Å²) in [5, 5.41) is 0. The van der Waals surface area contributed by atoms with E-state index in [4.69, 9.17) is 5.73 Å². The van der Waals surface area contributed by atoms with Gasteiger partial charge < -0.3 is 5.73 Å². The van der Waals surface area contributed by atoms with Gasteiger partial charge in [-0.3, -0.25) is 14.9 Å². The van der Waals surface area contributed by atoms with Gasteiger partial charge in [0.1, 0.15) is 0 Å². The molecule has 0 saturated heterocycles. The van der Waals surface area contributed by atoms with Crippen LogP contribution < -0.4 is 5.73 Å². The molecule has 2 aromatic rings. The molecule has 4 nitrogen and oxygen atoms in total. The van der Waals surface area contributed by atoms with Gasteiger partial charge in [-0.1, -0.05) is 12.1 Å². The number of nitrogens with two attached hydrogens (primary N) is 1. The minimum Gasteiger partial charge on any atom is -0.326 e.